The SMILES string of the molecule is CC[C@@H](NCC(F)F)c1c[nH]c2ccccc12. The van der Waals surface area contributed by atoms with Crippen LogP contribution in [0.5, 0.6) is 0 Å². The highest BCUT2D eigenvalue weighted by atomic mass is 19.3. The fraction of sp³-hybridized carbons (Fsp3) is 0.385. The molecule has 0 fully saturated rings. The maximum Gasteiger partial charge on any atom is 0.250 e. The first-order chi connectivity index (χ1) is 8.22. The molecule has 1 aromatic heterocycles. The molecule has 0 unspecified atom stereocenters. The number of hydrogen-bond donors (Lipinski definition) is 2. The third kappa shape index (κ3) is 2.64. The Morgan fingerprint density at radius 2 is 2.06 bits per heavy atom. The van der Waals surface area contributed by atoms with Crippen molar-refractivity contribution in [2.24, 2.45) is 0 Å². The standard InChI is InChI=1S/C13H16F2N2/c1-2-11(17-8-13(14)15)10-7-16-12-6-4-3-5-9(10)12/h3-7,11,13,16-17H,2,8H2,1H3/t11-/m1/s1. The van der Waals surface area contributed by atoms with Gasteiger partial charge in [-0.15, -0.1) is 0 Å². The lowest BCUT2D eigenvalue weighted by Gasteiger charge is -2.16. The molecule has 0 bridgehead atoms. The monoisotopic (exact) mass is 238 g/mol. The Hall–Kier alpha value is -1.42. The topological polar surface area (TPSA) is 27.8 Å². The zero-order valence-corrected chi connectivity index (χ0v) is 9.71. The molecule has 92 valence electrons. The van der Waals surface area contributed by atoms with E-state index in [0.717, 1.165) is 22.9 Å². The second-order valence-electron chi connectivity index (χ2n) is 4.05. The van der Waals surface area contributed by atoms with E-state index in [0.29, 0.717) is 0 Å². The van der Waals surface area contributed by atoms with Crippen molar-refractivity contribution in [1.82, 2.24) is 10.3 Å². The number of fused-ring (bicyclic) bond motifs is 1. The summed E-state index contributed by atoms with van der Waals surface area (Å²) < 4.78 is 24.4. The number of alkyl halides is 2. The number of hydrogen-bond acceptors (Lipinski definition) is 1. The van der Waals surface area contributed by atoms with Gasteiger partial charge in [-0.25, -0.2) is 8.78 Å². The molecule has 0 aliphatic carbocycles. The van der Waals surface area contributed by atoms with E-state index in [-0.39, 0.29) is 12.6 Å². The highest BCUT2D eigenvalue weighted by Gasteiger charge is 2.15. The highest BCUT2D eigenvalue weighted by molar-refractivity contribution is 5.83. The van der Waals surface area contributed by atoms with Gasteiger partial charge in [0.15, 0.2) is 0 Å². The van der Waals surface area contributed by atoms with Crippen molar-refractivity contribution in [2.75, 3.05) is 6.54 Å². The molecule has 2 aromatic rings. The summed E-state index contributed by atoms with van der Waals surface area (Å²) >= 11 is 0. The summed E-state index contributed by atoms with van der Waals surface area (Å²) in [5.41, 5.74) is 2.10. The smallest absolute Gasteiger partial charge is 0.250 e. The Kier molecular flexibility index (Phi) is 3.74. The average molecular weight is 238 g/mol. The second-order valence-corrected chi connectivity index (χ2v) is 4.05. The van der Waals surface area contributed by atoms with Crippen LogP contribution in [0.1, 0.15) is 24.9 Å². The van der Waals surface area contributed by atoms with Crippen LogP contribution < -0.4 is 5.32 Å². The van der Waals surface area contributed by atoms with Crippen LogP contribution in [-0.4, -0.2) is 18.0 Å². The van der Waals surface area contributed by atoms with Gasteiger partial charge < -0.3 is 10.3 Å². The molecule has 0 aliphatic rings. The Bertz CT molecular complexity index is 479. The number of H-pyrrole nitrogens is 1. The molecular weight excluding hydrogens is 222 g/mol. The predicted octanol–water partition coefficient (Wildman–Crippen LogP) is 3.47. The first kappa shape index (κ1) is 12.0. The van der Waals surface area contributed by atoms with Gasteiger partial charge in [-0.3, -0.25) is 0 Å². The van der Waals surface area contributed by atoms with Gasteiger partial charge in [0, 0.05) is 23.1 Å². The molecular formula is C13H16F2N2. The molecule has 2 rings (SSSR count). The van der Waals surface area contributed by atoms with Crippen molar-refractivity contribution in [1.29, 1.82) is 0 Å². The molecule has 1 aromatic carbocycles. The third-order valence-corrected chi connectivity index (χ3v) is 2.92. The van der Waals surface area contributed by atoms with Gasteiger partial charge in [-0.1, -0.05) is 25.1 Å². The maximum absolute atomic E-state index is 12.2. The Labute approximate surface area is 99.0 Å². The van der Waals surface area contributed by atoms with Crippen molar-refractivity contribution < 1.29 is 8.78 Å². The van der Waals surface area contributed by atoms with Gasteiger partial charge in [-0.05, 0) is 18.1 Å². The quantitative estimate of drug-likeness (QED) is 0.820. The molecule has 0 saturated heterocycles. The minimum Gasteiger partial charge on any atom is -0.361 e. The number of para-hydroxylation sites is 1. The van der Waals surface area contributed by atoms with E-state index < -0.39 is 6.43 Å². The summed E-state index contributed by atoms with van der Waals surface area (Å²) in [6.45, 7) is 1.73. The number of nitrogens with one attached hydrogen (secondary N) is 2. The molecule has 0 saturated carbocycles. The van der Waals surface area contributed by atoms with Gasteiger partial charge in [-0.2, -0.15) is 0 Å². The van der Waals surface area contributed by atoms with Crippen LogP contribution in [0.25, 0.3) is 10.9 Å². The summed E-state index contributed by atoms with van der Waals surface area (Å²) in [6, 6.07) is 7.88. The lowest BCUT2D eigenvalue weighted by Crippen LogP contribution is -2.26. The van der Waals surface area contributed by atoms with Crippen LogP contribution in [0.3, 0.4) is 0 Å². The van der Waals surface area contributed by atoms with Crippen LogP contribution in [-0.2, 0) is 0 Å². The van der Waals surface area contributed by atoms with E-state index in [9.17, 15) is 8.78 Å². The first-order valence-electron chi connectivity index (χ1n) is 5.80. The van der Waals surface area contributed by atoms with Crippen LogP contribution in [0.15, 0.2) is 30.5 Å². The van der Waals surface area contributed by atoms with Crippen LogP contribution in [0.4, 0.5) is 8.78 Å². The molecule has 0 radical (unpaired) electrons. The normalized spacial score (nSPS) is 13.4. The molecule has 1 atom stereocenters. The molecule has 2 N–H and O–H groups in total. The summed E-state index contributed by atoms with van der Waals surface area (Å²) in [6.07, 6.45) is 0.376. The third-order valence-electron chi connectivity index (χ3n) is 2.92. The number of halogens is 2. The van der Waals surface area contributed by atoms with E-state index in [1.54, 1.807) is 0 Å². The molecule has 17 heavy (non-hydrogen) atoms. The van der Waals surface area contributed by atoms with Crippen molar-refractivity contribution in [3.05, 3.63) is 36.0 Å². The van der Waals surface area contributed by atoms with Crippen LogP contribution in [0, 0.1) is 0 Å². The minimum absolute atomic E-state index is 0.0276. The number of benzene rings is 1. The molecule has 2 nitrogen and oxygen atoms in total. The van der Waals surface area contributed by atoms with E-state index in [1.807, 2.05) is 37.4 Å². The van der Waals surface area contributed by atoms with Crippen LogP contribution >= 0.6 is 0 Å². The lowest BCUT2D eigenvalue weighted by molar-refractivity contribution is 0.141. The number of rotatable bonds is 5. The largest absolute Gasteiger partial charge is 0.361 e. The zero-order valence-electron chi connectivity index (χ0n) is 9.71. The van der Waals surface area contributed by atoms with Crippen molar-refractivity contribution in [3.8, 4) is 0 Å². The predicted molar refractivity (Wildman–Crippen MR) is 65.3 cm³/mol. The van der Waals surface area contributed by atoms with Gasteiger partial charge >= 0.3 is 0 Å². The fourth-order valence-corrected chi connectivity index (χ4v) is 2.09. The van der Waals surface area contributed by atoms with Crippen molar-refractivity contribution in [3.63, 3.8) is 0 Å². The number of aromatic amines is 1. The Balaban J connectivity index is 2.24. The van der Waals surface area contributed by atoms with Gasteiger partial charge in [0.25, 0.3) is 6.43 Å². The van der Waals surface area contributed by atoms with E-state index >= 15 is 0 Å². The summed E-state index contributed by atoms with van der Waals surface area (Å²) in [4.78, 5) is 3.16. The van der Waals surface area contributed by atoms with Crippen LogP contribution in [0.2, 0.25) is 0 Å². The molecule has 4 heteroatoms. The molecule has 0 amide bonds. The highest BCUT2D eigenvalue weighted by Crippen LogP contribution is 2.25. The fourth-order valence-electron chi connectivity index (χ4n) is 2.09. The molecule has 0 aliphatic heterocycles. The van der Waals surface area contributed by atoms with E-state index in [2.05, 4.69) is 10.3 Å². The summed E-state index contributed by atoms with van der Waals surface area (Å²) in [5, 5.41) is 3.99. The zero-order chi connectivity index (χ0) is 12.3. The van der Waals surface area contributed by atoms with Crippen molar-refractivity contribution >= 4 is 10.9 Å². The van der Waals surface area contributed by atoms with Gasteiger partial charge in [0.2, 0.25) is 0 Å². The Morgan fingerprint density at radius 3 is 2.76 bits per heavy atom. The van der Waals surface area contributed by atoms with E-state index in [4.69, 9.17) is 0 Å². The minimum atomic E-state index is -2.31. The average Bonchev–Trinajstić information content (AvgIpc) is 2.74. The van der Waals surface area contributed by atoms with E-state index in [1.165, 1.54) is 0 Å². The van der Waals surface area contributed by atoms with Crippen molar-refractivity contribution in [2.45, 2.75) is 25.8 Å². The molecule has 0 spiro atoms. The first-order valence-corrected chi connectivity index (χ1v) is 5.80. The summed E-state index contributed by atoms with van der Waals surface area (Å²) in [5.74, 6) is 0. The lowest BCUT2D eigenvalue weighted by atomic mass is 10.0. The Morgan fingerprint density at radius 1 is 1.29 bits per heavy atom. The second kappa shape index (κ2) is 5.27. The summed E-state index contributed by atoms with van der Waals surface area (Å²) in [7, 11) is 0. The molecule has 1 heterocycles. The van der Waals surface area contributed by atoms with Gasteiger partial charge in [0.05, 0.1) is 6.54 Å². The number of aromatic nitrogens is 1. The maximum atomic E-state index is 12.2. The van der Waals surface area contributed by atoms with Gasteiger partial charge in [0.1, 0.15) is 0 Å².